The highest BCUT2D eigenvalue weighted by Gasteiger charge is 2.19. The van der Waals surface area contributed by atoms with Crippen molar-refractivity contribution >= 4 is 21.7 Å². The summed E-state index contributed by atoms with van der Waals surface area (Å²) in [4.78, 5) is 12.4. The van der Waals surface area contributed by atoms with Gasteiger partial charge in [-0.15, -0.1) is 0 Å². The maximum absolute atomic E-state index is 12.4. The molecule has 5 nitrogen and oxygen atoms in total. The van der Waals surface area contributed by atoms with Gasteiger partial charge in [0, 0.05) is 12.1 Å². The predicted octanol–water partition coefficient (Wildman–Crippen LogP) is 3.53. The largest absolute Gasteiger partial charge is 0.360 e. The van der Waals surface area contributed by atoms with E-state index in [0.29, 0.717) is 23.2 Å². The third-order valence-corrected chi connectivity index (χ3v) is 4.10. The first-order valence-electron chi connectivity index (χ1n) is 7.56. The lowest BCUT2D eigenvalue weighted by Gasteiger charge is -2.09. The average Bonchev–Trinajstić information content (AvgIpc) is 2.98. The standard InChI is InChI=1S/C18H15N3O2/c1-3-21-18(22)17-15(11(2)23-20-17)16(19-21)14-10-6-8-12-7-4-5-9-13(12)14/h4-10H,3H2,1-2H3. The Bertz CT molecular complexity index is 1090. The molecule has 5 heteroatoms. The second-order valence-electron chi connectivity index (χ2n) is 5.46. The molecule has 4 rings (SSSR count). The molecular formula is C18H15N3O2. The number of nitrogens with zero attached hydrogens (tertiary/aromatic N) is 3. The van der Waals surface area contributed by atoms with Gasteiger partial charge in [-0.05, 0) is 24.6 Å². The zero-order valence-electron chi connectivity index (χ0n) is 12.9. The quantitative estimate of drug-likeness (QED) is 0.568. The first-order valence-corrected chi connectivity index (χ1v) is 7.56. The zero-order chi connectivity index (χ0) is 16.0. The monoisotopic (exact) mass is 305 g/mol. The molecule has 0 amide bonds. The molecule has 0 aliphatic carbocycles. The Morgan fingerprint density at radius 3 is 2.74 bits per heavy atom. The summed E-state index contributed by atoms with van der Waals surface area (Å²) >= 11 is 0. The lowest BCUT2D eigenvalue weighted by Crippen LogP contribution is -2.23. The molecular weight excluding hydrogens is 290 g/mol. The Hall–Kier alpha value is -2.95. The van der Waals surface area contributed by atoms with Crippen molar-refractivity contribution in [3.8, 4) is 11.3 Å². The number of hydrogen-bond donors (Lipinski definition) is 0. The number of rotatable bonds is 2. The molecule has 0 N–H and O–H groups in total. The van der Waals surface area contributed by atoms with Crippen LogP contribution in [-0.2, 0) is 6.54 Å². The van der Waals surface area contributed by atoms with E-state index in [1.165, 1.54) is 4.68 Å². The lowest BCUT2D eigenvalue weighted by molar-refractivity contribution is 0.405. The van der Waals surface area contributed by atoms with Crippen LogP contribution < -0.4 is 5.56 Å². The summed E-state index contributed by atoms with van der Waals surface area (Å²) in [6.45, 7) is 4.18. The van der Waals surface area contributed by atoms with E-state index in [1.54, 1.807) is 6.92 Å². The van der Waals surface area contributed by atoms with Crippen molar-refractivity contribution in [3.63, 3.8) is 0 Å². The maximum atomic E-state index is 12.4. The second-order valence-corrected chi connectivity index (χ2v) is 5.46. The summed E-state index contributed by atoms with van der Waals surface area (Å²) in [6, 6.07) is 14.2. The molecule has 114 valence electrons. The average molecular weight is 305 g/mol. The van der Waals surface area contributed by atoms with Crippen LogP contribution >= 0.6 is 0 Å². The molecule has 23 heavy (non-hydrogen) atoms. The molecule has 4 aromatic rings. The van der Waals surface area contributed by atoms with Gasteiger partial charge in [0.2, 0.25) is 0 Å². The molecule has 0 fully saturated rings. The topological polar surface area (TPSA) is 60.9 Å². The molecule has 0 spiro atoms. The molecule has 0 aliphatic heterocycles. The fourth-order valence-electron chi connectivity index (χ4n) is 2.97. The minimum absolute atomic E-state index is 0.219. The highest BCUT2D eigenvalue weighted by atomic mass is 16.5. The van der Waals surface area contributed by atoms with Crippen LogP contribution in [0, 0.1) is 6.92 Å². The molecule has 0 bridgehead atoms. The van der Waals surface area contributed by atoms with Gasteiger partial charge in [0.15, 0.2) is 5.52 Å². The molecule has 0 saturated carbocycles. The third-order valence-electron chi connectivity index (χ3n) is 4.10. The van der Waals surface area contributed by atoms with Crippen LogP contribution in [0.5, 0.6) is 0 Å². The minimum Gasteiger partial charge on any atom is -0.360 e. The summed E-state index contributed by atoms with van der Waals surface area (Å²) in [6.07, 6.45) is 0. The summed E-state index contributed by atoms with van der Waals surface area (Å²) < 4.78 is 6.70. The first-order chi connectivity index (χ1) is 11.2. The second kappa shape index (κ2) is 5.05. The molecule has 0 atom stereocenters. The van der Waals surface area contributed by atoms with Gasteiger partial charge in [-0.2, -0.15) is 5.10 Å². The van der Waals surface area contributed by atoms with Gasteiger partial charge in [0.25, 0.3) is 5.56 Å². The molecule has 0 radical (unpaired) electrons. The molecule has 0 saturated heterocycles. The summed E-state index contributed by atoms with van der Waals surface area (Å²) in [5.41, 5.74) is 1.82. The van der Waals surface area contributed by atoms with Crippen molar-refractivity contribution in [2.24, 2.45) is 0 Å². The number of aromatic nitrogens is 3. The Morgan fingerprint density at radius 1 is 1.13 bits per heavy atom. The third kappa shape index (κ3) is 1.97. The van der Waals surface area contributed by atoms with Crippen LogP contribution in [0.15, 0.2) is 51.8 Å². The Kier molecular flexibility index (Phi) is 3.01. The van der Waals surface area contributed by atoms with Crippen LogP contribution in [0.25, 0.3) is 32.9 Å². The maximum Gasteiger partial charge on any atom is 0.296 e. The smallest absolute Gasteiger partial charge is 0.296 e. The van der Waals surface area contributed by atoms with Crippen molar-refractivity contribution in [1.82, 2.24) is 14.9 Å². The Labute approximate surface area is 132 Å². The van der Waals surface area contributed by atoms with Gasteiger partial charge in [-0.1, -0.05) is 47.6 Å². The molecule has 0 aliphatic rings. The van der Waals surface area contributed by atoms with Crippen molar-refractivity contribution < 1.29 is 4.52 Å². The van der Waals surface area contributed by atoms with Crippen molar-refractivity contribution in [3.05, 3.63) is 58.6 Å². The molecule has 2 aromatic heterocycles. The number of fused-ring (bicyclic) bond motifs is 2. The fourth-order valence-corrected chi connectivity index (χ4v) is 2.97. The van der Waals surface area contributed by atoms with Crippen molar-refractivity contribution in [1.29, 1.82) is 0 Å². The van der Waals surface area contributed by atoms with E-state index in [2.05, 4.69) is 28.5 Å². The predicted molar refractivity (Wildman–Crippen MR) is 89.4 cm³/mol. The van der Waals surface area contributed by atoms with Gasteiger partial charge >= 0.3 is 0 Å². The summed E-state index contributed by atoms with van der Waals surface area (Å²) in [5, 5.41) is 11.4. The summed E-state index contributed by atoms with van der Waals surface area (Å²) in [5.74, 6) is 0.607. The highest BCUT2D eigenvalue weighted by Crippen LogP contribution is 2.32. The SMILES string of the molecule is CCn1nc(-c2cccc3ccccc23)c2c(C)onc2c1=O. The van der Waals surface area contributed by atoms with Gasteiger partial charge < -0.3 is 4.52 Å². The van der Waals surface area contributed by atoms with E-state index in [9.17, 15) is 4.79 Å². The van der Waals surface area contributed by atoms with E-state index in [4.69, 9.17) is 4.52 Å². The van der Waals surface area contributed by atoms with E-state index in [1.807, 2.05) is 31.2 Å². The van der Waals surface area contributed by atoms with Crippen molar-refractivity contribution in [2.45, 2.75) is 20.4 Å². The van der Waals surface area contributed by atoms with Crippen LogP contribution in [0.1, 0.15) is 12.7 Å². The fraction of sp³-hybridized carbons (Fsp3) is 0.167. The first kappa shape index (κ1) is 13.7. The molecule has 2 aromatic carbocycles. The number of hydrogen-bond acceptors (Lipinski definition) is 4. The van der Waals surface area contributed by atoms with Gasteiger partial charge in [-0.3, -0.25) is 4.79 Å². The van der Waals surface area contributed by atoms with Crippen molar-refractivity contribution in [2.75, 3.05) is 0 Å². The van der Waals surface area contributed by atoms with Crippen LogP contribution in [0.2, 0.25) is 0 Å². The zero-order valence-corrected chi connectivity index (χ0v) is 12.9. The molecule has 0 unspecified atom stereocenters. The van der Waals surface area contributed by atoms with E-state index < -0.39 is 0 Å². The van der Waals surface area contributed by atoms with Crippen LogP contribution in [0.3, 0.4) is 0 Å². The van der Waals surface area contributed by atoms with Gasteiger partial charge in [-0.25, -0.2) is 4.68 Å². The highest BCUT2D eigenvalue weighted by molar-refractivity contribution is 6.03. The van der Waals surface area contributed by atoms with Crippen LogP contribution in [0.4, 0.5) is 0 Å². The summed E-state index contributed by atoms with van der Waals surface area (Å²) in [7, 11) is 0. The number of benzene rings is 2. The van der Waals surface area contributed by atoms with E-state index in [0.717, 1.165) is 22.0 Å². The van der Waals surface area contributed by atoms with Gasteiger partial charge in [0.1, 0.15) is 11.5 Å². The Balaban J connectivity index is 2.18. The van der Waals surface area contributed by atoms with E-state index >= 15 is 0 Å². The molecule has 2 heterocycles. The minimum atomic E-state index is -0.219. The van der Waals surface area contributed by atoms with Crippen LogP contribution in [-0.4, -0.2) is 14.9 Å². The lowest BCUT2D eigenvalue weighted by atomic mass is 10.00. The van der Waals surface area contributed by atoms with E-state index in [-0.39, 0.29) is 5.56 Å². The number of aryl methyl sites for hydroxylation is 2. The van der Waals surface area contributed by atoms with Gasteiger partial charge in [0.05, 0.1) is 5.39 Å². The Morgan fingerprint density at radius 2 is 1.91 bits per heavy atom. The normalized spacial score (nSPS) is 11.4.